The quantitative estimate of drug-likeness (QED) is 0.111. The molecule has 0 aromatic carbocycles. The maximum atomic E-state index is 10.3. The Morgan fingerprint density at radius 1 is 0.613 bits per heavy atom. The van der Waals surface area contributed by atoms with E-state index < -0.39 is 0 Å². The fourth-order valence-electron chi connectivity index (χ4n) is 4.08. The summed E-state index contributed by atoms with van der Waals surface area (Å²) in [4.78, 5) is 12.7. The zero-order valence-electron chi connectivity index (χ0n) is 21.0. The Balaban J connectivity index is 3.33. The molecule has 0 heterocycles. The first-order chi connectivity index (χ1) is 15.3. The second-order valence-electron chi connectivity index (χ2n) is 9.14. The zero-order chi connectivity index (χ0) is 22.7. The van der Waals surface area contributed by atoms with Gasteiger partial charge in [0.2, 0.25) is 0 Å². The molecule has 4 nitrogen and oxygen atoms in total. The third-order valence-corrected chi connectivity index (χ3v) is 6.12. The summed E-state index contributed by atoms with van der Waals surface area (Å²) in [5.74, 6) is 0. The van der Waals surface area contributed by atoms with Crippen LogP contribution >= 0.6 is 0 Å². The lowest BCUT2D eigenvalue weighted by molar-refractivity contribution is -0.107. The summed E-state index contributed by atoms with van der Waals surface area (Å²) in [5.41, 5.74) is 0. The van der Waals surface area contributed by atoms with E-state index in [2.05, 4.69) is 11.8 Å². The van der Waals surface area contributed by atoms with Crippen LogP contribution in [0.5, 0.6) is 0 Å². The number of aliphatic hydroxyl groups excluding tert-OH is 1. The van der Waals surface area contributed by atoms with Gasteiger partial charge in [-0.05, 0) is 45.2 Å². The molecule has 31 heavy (non-hydrogen) atoms. The minimum Gasteiger partial charge on any atom is -0.395 e. The molecule has 1 N–H and O–H groups in total. The van der Waals surface area contributed by atoms with Crippen molar-refractivity contribution in [3.63, 3.8) is 0 Å². The van der Waals surface area contributed by atoms with Gasteiger partial charge >= 0.3 is 0 Å². The van der Waals surface area contributed by atoms with Crippen molar-refractivity contribution < 1.29 is 14.6 Å². The number of ether oxygens (including phenoxy) is 1. The smallest absolute Gasteiger partial charge is 0.119 e. The van der Waals surface area contributed by atoms with Crippen LogP contribution in [-0.2, 0) is 9.53 Å². The second kappa shape index (κ2) is 27.6. The van der Waals surface area contributed by atoms with Gasteiger partial charge < -0.3 is 19.5 Å². The highest BCUT2D eigenvalue weighted by molar-refractivity contribution is 5.48. The van der Waals surface area contributed by atoms with E-state index in [9.17, 15) is 9.90 Å². The lowest BCUT2D eigenvalue weighted by Crippen LogP contribution is -2.29. The molecular formula is C27H55NO3. The number of aldehydes is 1. The summed E-state index contributed by atoms with van der Waals surface area (Å²) in [6.07, 6.45) is 24.8. The average Bonchev–Trinajstić information content (AvgIpc) is 2.78. The normalized spacial score (nSPS) is 11.5. The number of carbonyl (C=O) groups excluding carboxylic acids is 1. The largest absolute Gasteiger partial charge is 0.395 e. The molecule has 0 aliphatic rings. The monoisotopic (exact) mass is 441 g/mol. The van der Waals surface area contributed by atoms with Gasteiger partial charge in [-0.1, -0.05) is 90.4 Å². The first kappa shape index (κ1) is 30.6. The van der Waals surface area contributed by atoms with Crippen molar-refractivity contribution in [2.45, 2.75) is 129 Å². The van der Waals surface area contributed by atoms with Crippen LogP contribution in [0.4, 0.5) is 0 Å². The summed E-state index contributed by atoms with van der Waals surface area (Å²) in [6, 6.07) is 0. The molecule has 0 saturated carbocycles. The molecule has 0 aromatic heterocycles. The zero-order valence-corrected chi connectivity index (χ0v) is 21.0. The summed E-state index contributed by atoms with van der Waals surface area (Å²) in [7, 11) is 0. The van der Waals surface area contributed by atoms with E-state index in [1.807, 2.05) is 0 Å². The molecule has 186 valence electrons. The Kier molecular flexibility index (Phi) is 27.2. The SMILES string of the molecule is CCCCCCCCCOCCCCCCCCN(CCO)CCCCCCCC=O. The number of nitrogens with zero attached hydrogens (tertiary/aromatic N) is 1. The lowest BCUT2D eigenvalue weighted by Gasteiger charge is -2.21. The van der Waals surface area contributed by atoms with Crippen molar-refractivity contribution in [3.8, 4) is 0 Å². The molecule has 0 unspecified atom stereocenters. The van der Waals surface area contributed by atoms with E-state index in [-0.39, 0.29) is 6.61 Å². The third-order valence-electron chi connectivity index (χ3n) is 6.12. The molecule has 0 radical (unpaired) electrons. The van der Waals surface area contributed by atoms with Crippen molar-refractivity contribution in [2.24, 2.45) is 0 Å². The first-order valence-electron chi connectivity index (χ1n) is 13.7. The maximum absolute atomic E-state index is 10.3. The van der Waals surface area contributed by atoms with E-state index in [0.29, 0.717) is 6.42 Å². The summed E-state index contributed by atoms with van der Waals surface area (Å²) < 4.78 is 5.78. The van der Waals surface area contributed by atoms with Gasteiger partial charge in [0.15, 0.2) is 0 Å². The fraction of sp³-hybridized carbons (Fsp3) is 0.963. The molecule has 0 aromatic rings. The topological polar surface area (TPSA) is 49.8 Å². The minimum absolute atomic E-state index is 0.262. The molecule has 0 aliphatic heterocycles. The Bertz CT molecular complexity index is 338. The standard InChI is InChI=1S/C27H55NO3/c1-2-3-4-5-9-14-19-26-31-27-20-15-10-7-12-17-22-28(23-25-30)21-16-11-6-8-13-18-24-29/h24,30H,2-23,25-27H2,1H3. The highest BCUT2D eigenvalue weighted by atomic mass is 16.5. The van der Waals surface area contributed by atoms with Crippen LogP contribution in [0.2, 0.25) is 0 Å². The van der Waals surface area contributed by atoms with Crippen molar-refractivity contribution in [1.82, 2.24) is 4.90 Å². The number of hydrogen-bond donors (Lipinski definition) is 1. The number of rotatable bonds is 27. The molecule has 0 bridgehead atoms. The molecule has 0 saturated heterocycles. The van der Waals surface area contributed by atoms with Gasteiger partial charge in [-0.3, -0.25) is 0 Å². The maximum Gasteiger partial charge on any atom is 0.119 e. The Labute approximate surface area is 194 Å². The predicted octanol–water partition coefficient (Wildman–Crippen LogP) is 6.93. The highest BCUT2D eigenvalue weighted by Crippen LogP contribution is 2.10. The summed E-state index contributed by atoms with van der Waals surface area (Å²) in [6.45, 7) is 7.45. The van der Waals surface area contributed by atoms with Crippen LogP contribution in [0.15, 0.2) is 0 Å². The van der Waals surface area contributed by atoms with Crippen LogP contribution in [0, 0.1) is 0 Å². The number of hydrogen-bond acceptors (Lipinski definition) is 4. The highest BCUT2D eigenvalue weighted by Gasteiger charge is 2.04. The van der Waals surface area contributed by atoms with Gasteiger partial charge in [0, 0.05) is 26.2 Å². The van der Waals surface area contributed by atoms with Crippen molar-refractivity contribution >= 4 is 6.29 Å². The molecule has 0 rings (SSSR count). The summed E-state index contributed by atoms with van der Waals surface area (Å²) >= 11 is 0. The van der Waals surface area contributed by atoms with E-state index >= 15 is 0 Å². The van der Waals surface area contributed by atoms with Crippen LogP contribution in [0.25, 0.3) is 0 Å². The number of unbranched alkanes of at least 4 members (excludes halogenated alkanes) is 16. The van der Waals surface area contributed by atoms with Crippen LogP contribution in [0.1, 0.15) is 129 Å². The van der Waals surface area contributed by atoms with Crippen molar-refractivity contribution in [3.05, 3.63) is 0 Å². The molecule has 4 heteroatoms. The first-order valence-corrected chi connectivity index (χ1v) is 13.7. The van der Waals surface area contributed by atoms with Gasteiger partial charge in [-0.25, -0.2) is 0 Å². The minimum atomic E-state index is 0.262. The van der Waals surface area contributed by atoms with Crippen LogP contribution in [0.3, 0.4) is 0 Å². The van der Waals surface area contributed by atoms with Gasteiger partial charge in [-0.2, -0.15) is 0 Å². The van der Waals surface area contributed by atoms with Gasteiger partial charge in [0.25, 0.3) is 0 Å². The Morgan fingerprint density at radius 3 is 1.55 bits per heavy atom. The third kappa shape index (κ3) is 25.7. The molecule has 0 atom stereocenters. The molecular weight excluding hydrogens is 386 g/mol. The van der Waals surface area contributed by atoms with E-state index in [1.54, 1.807) is 0 Å². The molecule has 0 fully saturated rings. The van der Waals surface area contributed by atoms with Gasteiger partial charge in [0.05, 0.1) is 6.61 Å². The van der Waals surface area contributed by atoms with Crippen LogP contribution in [-0.4, -0.2) is 55.7 Å². The Morgan fingerprint density at radius 2 is 1.06 bits per heavy atom. The van der Waals surface area contributed by atoms with Gasteiger partial charge in [-0.15, -0.1) is 0 Å². The fourth-order valence-corrected chi connectivity index (χ4v) is 4.08. The second-order valence-corrected chi connectivity index (χ2v) is 9.14. The van der Waals surface area contributed by atoms with Crippen molar-refractivity contribution in [2.75, 3.05) is 39.5 Å². The Hall–Kier alpha value is -0.450. The lowest BCUT2D eigenvalue weighted by atomic mass is 10.1. The number of aliphatic hydroxyl groups is 1. The molecule has 0 aliphatic carbocycles. The summed E-state index contributed by atoms with van der Waals surface area (Å²) in [5, 5.41) is 9.28. The average molecular weight is 442 g/mol. The van der Waals surface area contributed by atoms with E-state index in [1.165, 1.54) is 109 Å². The van der Waals surface area contributed by atoms with Crippen molar-refractivity contribution in [1.29, 1.82) is 0 Å². The predicted molar refractivity (Wildman–Crippen MR) is 134 cm³/mol. The van der Waals surface area contributed by atoms with Crippen LogP contribution < -0.4 is 0 Å². The van der Waals surface area contributed by atoms with E-state index in [4.69, 9.17) is 4.74 Å². The molecule has 0 amide bonds. The molecule has 0 spiro atoms. The number of carbonyl (C=O) groups is 1. The van der Waals surface area contributed by atoms with E-state index in [0.717, 1.165) is 45.6 Å². The van der Waals surface area contributed by atoms with Gasteiger partial charge in [0.1, 0.15) is 6.29 Å².